The molecule has 0 atom stereocenters. The van der Waals surface area contributed by atoms with Gasteiger partial charge in [-0.1, -0.05) is 12.7 Å². The number of carbonyl (C=O) groups excluding carboxylic acids is 1. The molecular formula is C19H21NO4. The third-order valence-corrected chi connectivity index (χ3v) is 3.21. The summed E-state index contributed by atoms with van der Waals surface area (Å²) in [5.41, 5.74) is 1.17. The van der Waals surface area contributed by atoms with Crippen LogP contribution in [0, 0.1) is 0 Å². The van der Waals surface area contributed by atoms with E-state index in [2.05, 4.69) is 11.9 Å². The molecule has 2 aromatic carbocycles. The molecule has 24 heavy (non-hydrogen) atoms. The van der Waals surface area contributed by atoms with Gasteiger partial charge in [-0.2, -0.15) is 0 Å². The molecule has 0 aliphatic carbocycles. The number of nitrogens with one attached hydrogen (secondary N) is 1. The summed E-state index contributed by atoms with van der Waals surface area (Å²) in [6.07, 6.45) is 1.65. The molecule has 0 heterocycles. The third-order valence-electron chi connectivity index (χ3n) is 3.21. The smallest absolute Gasteiger partial charge is 0.255 e. The maximum atomic E-state index is 12.4. The average molecular weight is 327 g/mol. The minimum absolute atomic E-state index is 0.226. The van der Waals surface area contributed by atoms with Crippen molar-refractivity contribution in [2.24, 2.45) is 0 Å². The van der Waals surface area contributed by atoms with E-state index in [4.69, 9.17) is 14.2 Å². The standard InChI is InChI=1S/C19H21NO4/c1-4-12-24-17-11-6-14(13-18(17)23-5-2)19(21)20-15-7-9-16(22-3)10-8-15/h4,6-11,13H,1,5,12H2,2-3H3,(H,20,21). The number of amides is 1. The molecule has 0 aliphatic rings. The van der Waals surface area contributed by atoms with Crippen molar-refractivity contribution in [2.75, 3.05) is 25.6 Å². The summed E-state index contributed by atoms with van der Waals surface area (Å²) in [4.78, 5) is 12.4. The van der Waals surface area contributed by atoms with Crippen molar-refractivity contribution >= 4 is 11.6 Å². The van der Waals surface area contributed by atoms with E-state index in [0.29, 0.717) is 36.0 Å². The van der Waals surface area contributed by atoms with Crippen molar-refractivity contribution < 1.29 is 19.0 Å². The molecule has 0 fully saturated rings. The number of hydrogen-bond donors (Lipinski definition) is 1. The van der Waals surface area contributed by atoms with Crippen LogP contribution in [0.1, 0.15) is 17.3 Å². The van der Waals surface area contributed by atoms with Crippen LogP contribution in [-0.4, -0.2) is 26.2 Å². The van der Waals surface area contributed by atoms with E-state index in [0.717, 1.165) is 5.75 Å². The Balaban J connectivity index is 2.15. The first kappa shape index (κ1) is 17.4. The van der Waals surface area contributed by atoms with Crippen LogP contribution in [0.25, 0.3) is 0 Å². The average Bonchev–Trinajstić information content (AvgIpc) is 2.61. The minimum Gasteiger partial charge on any atom is -0.497 e. The summed E-state index contributed by atoms with van der Waals surface area (Å²) in [6, 6.07) is 12.2. The first-order valence-electron chi connectivity index (χ1n) is 7.64. The van der Waals surface area contributed by atoms with Gasteiger partial charge in [-0.05, 0) is 49.4 Å². The molecule has 0 saturated heterocycles. The number of ether oxygens (including phenoxy) is 3. The van der Waals surface area contributed by atoms with Crippen LogP contribution >= 0.6 is 0 Å². The van der Waals surface area contributed by atoms with Gasteiger partial charge in [-0.25, -0.2) is 0 Å². The van der Waals surface area contributed by atoms with Gasteiger partial charge in [-0.15, -0.1) is 0 Å². The van der Waals surface area contributed by atoms with E-state index in [9.17, 15) is 4.79 Å². The van der Waals surface area contributed by atoms with Crippen molar-refractivity contribution in [1.29, 1.82) is 0 Å². The highest BCUT2D eigenvalue weighted by atomic mass is 16.5. The number of rotatable bonds is 8. The molecule has 1 amide bonds. The molecule has 0 saturated carbocycles. The lowest BCUT2D eigenvalue weighted by atomic mass is 10.1. The molecule has 0 unspecified atom stereocenters. The van der Waals surface area contributed by atoms with Gasteiger partial charge in [0.1, 0.15) is 12.4 Å². The van der Waals surface area contributed by atoms with E-state index in [1.54, 1.807) is 55.7 Å². The van der Waals surface area contributed by atoms with Crippen molar-refractivity contribution in [3.63, 3.8) is 0 Å². The highest BCUT2D eigenvalue weighted by Crippen LogP contribution is 2.29. The van der Waals surface area contributed by atoms with Crippen LogP contribution < -0.4 is 19.5 Å². The van der Waals surface area contributed by atoms with Crippen molar-refractivity contribution in [3.8, 4) is 17.2 Å². The molecule has 0 radical (unpaired) electrons. The summed E-state index contributed by atoms with van der Waals surface area (Å²) in [7, 11) is 1.60. The number of carbonyl (C=O) groups is 1. The second kappa shape index (κ2) is 8.62. The van der Waals surface area contributed by atoms with E-state index in [1.165, 1.54) is 0 Å². The van der Waals surface area contributed by atoms with E-state index in [1.807, 2.05) is 6.92 Å². The van der Waals surface area contributed by atoms with Gasteiger partial charge in [0.2, 0.25) is 0 Å². The van der Waals surface area contributed by atoms with Gasteiger partial charge < -0.3 is 19.5 Å². The molecule has 0 aliphatic heterocycles. The molecular weight excluding hydrogens is 306 g/mol. The highest BCUT2D eigenvalue weighted by molar-refractivity contribution is 6.04. The quantitative estimate of drug-likeness (QED) is 0.747. The van der Waals surface area contributed by atoms with Crippen LogP contribution in [0.2, 0.25) is 0 Å². The second-order valence-electron chi connectivity index (χ2n) is 4.88. The lowest BCUT2D eigenvalue weighted by Crippen LogP contribution is -2.12. The summed E-state index contributed by atoms with van der Waals surface area (Å²) >= 11 is 0. The van der Waals surface area contributed by atoms with E-state index < -0.39 is 0 Å². The van der Waals surface area contributed by atoms with Gasteiger partial charge in [0.15, 0.2) is 11.5 Å². The fourth-order valence-electron chi connectivity index (χ4n) is 2.06. The SMILES string of the molecule is C=CCOc1ccc(C(=O)Nc2ccc(OC)cc2)cc1OCC. The molecule has 5 heteroatoms. The lowest BCUT2D eigenvalue weighted by molar-refractivity contribution is 0.102. The van der Waals surface area contributed by atoms with Crippen LogP contribution in [0.15, 0.2) is 55.1 Å². The van der Waals surface area contributed by atoms with Crippen molar-refractivity contribution in [1.82, 2.24) is 0 Å². The zero-order chi connectivity index (χ0) is 17.4. The Morgan fingerprint density at radius 2 is 1.88 bits per heavy atom. The fourth-order valence-corrected chi connectivity index (χ4v) is 2.06. The molecule has 2 aromatic rings. The largest absolute Gasteiger partial charge is 0.497 e. The molecule has 0 spiro atoms. The van der Waals surface area contributed by atoms with Gasteiger partial charge in [0.05, 0.1) is 13.7 Å². The molecule has 126 valence electrons. The predicted molar refractivity (Wildman–Crippen MR) is 94.3 cm³/mol. The Morgan fingerprint density at radius 1 is 1.12 bits per heavy atom. The normalized spacial score (nSPS) is 9.92. The Bertz CT molecular complexity index is 695. The summed E-state index contributed by atoms with van der Waals surface area (Å²) in [5, 5.41) is 2.83. The molecule has 1 N–H and O–H groups in total. The van der Waals surface area contributed by atoms with Crippen LogP contribution in [0.4, 0.5) is 5.69 Å². The van der Waals surface area contributed by atoms with Crippen molar-refractivity contribution in [3.05, 3.63) is 60.7 Å². The topological polar surface area (TPSA) is 56.8 Å². The number of anilines is 1. The van der Waals surface area contributed by atoms with Gasteiger partial charge >= 0.3 is 0 Å². The Hall–Kier alpha value is -2.95. The fraction of sp³-hybridized carbons (Fsp3) is 0.211. The first-order chi connectivity index (χ1) is 11.7. The summed E-state index contributed by atoms with van der Waals surface area (Å²) < 4.78 is 16.2. The zero-order valence-corrected chi connectivity index (χ0v) is 13.9. The molecule has 0 aromatic heterocycles. The van der Waals surface area contributed by atoms with Crippen molar-refractivity contribution in [2.45, 2.75) is 6.92 Å². The van der Waals surface area contributed by atoms with Gasteiger partial charge in [0.25, 0.3) is 5.91 Å². The monoisotopic (exact) mass is 327 g/mol. The Labute approximate surface area is 141 Å². The lowest BCUT2D eigenvalue weighted by Gasteiger charge is -2.12. The minimum atomic E-state index is -0.226. The molecule has 5 nitrogen and oxygen atoms in total. The maximum absolute atomic E-state index is 12.4. The first-order valence-corrected chi connectivity index (χ1v) is 7.64. The predicted octanol–water partition coefficient (Wildman–Crippen LogP) is 3.91. The molecule has 2 rings (SSSR count). The summed E-state index contributed by atoms with van der Waals surface area (Å²) in [5.74, 6) is 1.62. The van der Waals surface area contributed by atoms with E-state index in [-0.39, 0.29) is 5.91 Å². The van der Waals surface area contributed by atoms with Gasteiger partial charge in [-0.3, -0.25) is 4.79 Å². The van der Waals surface area contributed by atoms with E-state index >= 15 is 0 Å². The second-order valence-corrected chi connectivity index (χ2v) is 4.88. The highest BCUT2D eigenvalue weighted by Gasteiger charge is 2.12. The Morgan fingerprint density at radius 3 is 2.50 bits per heavy atom. The van der Waals surface area contributed by atoms with Crippen LogP contribution in [0.3, 0.4) is 0 Å². The maximum Gasteiger partial charge on any atom is 0.255 e. The Kier molecular flexibility index (Phi) is 6.25. The zero-order valence-electron chi connectivity index (χ0n) is 13.9. The third kappa shape index (κ3) is 4.52. The van der Waals surface area contributed by atoms with Crippen LogP contribution in [-0.2, 0) is 0 Å². The number of hydrogen-bond acceptors (Lipinski definition) is 4. The van der Waals surface area contributed by atoms with Gasteiger partial charge in [0, 0.05) is 11.3 Å². The number of benzene rings is 2. The molecule has 0 bridgehead atoms. The van der Waals surface area contributed by atoms with Crippen LogP contribution in [0.5, 0.6) is 17.2 Å². The summed E-state index contributed by atoms with van der Waals surface area (Å²) in [6.45, 7) is 6.35. The number of methoxy groups -OCH3 is 1.